The Labute approximate surface area is 198 Å². The van der Waals surface area contributed by atoms with E-state index >= 15 is 0 Å². The summed E-state index contributed by atoms with van der Waals surface area (Å²) in [5.74, 6) is 1.39. The number of carbonyl (C=O) groups is 2. The third-order valence-electron chi connectivity index (χ3n) is 5.72. The van der Waals surface area contributed by atoms with Gasteiger partial charge in [-0.2, -0.15) is 0 Å². The normalized spacial score (nSPS) is 12.5. The predicted molar refractivity (Wildman–Crippen MR) is 131 cm³/mol. The predicted octanol–water partition coefficient (Wildman–Crippen LogP) is 4.88. The van der Waals surface area contributed by atoms with E-state index in [2.05, 4.69) is 5.32 Å². The van der Waals surface area contributed by atoms with Crippen LogP contribution >= 0.6 is 0 Å². The molecule has 2 amide bonds. The molecule has 180 valence electrons. The number of ether oxygens (including phenoxy) is 2. The Hall–Kier alpha value is -3.02. The number of aryl methyl sites for hydroxylation is 1. The molecule has 2 aromatic carbocycles. The van der Waals surface area contributed by atoms with E-state index in [1.54, 1.807) is 12.0 Å². The van der Waals surface area contributed by atoms with Crippen molar-refractivity contribution in [3.8, 4) is 11.5 Å². The molecule has 0 aliphatic carbocycles. The lowest BCUT2D eigenvalue weighted by Crippen LogP contribution is -2.50. The lowest BCUT2D eigenvalue weighted by Gasteiger charge is -2.31. The SMILES string of the molecule is CC[C@@H](C)NC(=O)[C@H](CC)N(Cc1ccc(OC)cc1)C(=O)CCCOc1ccc(C)cc1. The van der Waals surface area contributed by atoms with Crippen molar-refractivity contribution >= 4 is 11.8 Å². The number of hydrogen-bond acceptors (Lipinski definition) is 4. The molecule has 0 bridgehead atoms. The third kappa shape index (κ3) is 8.44. The third-order valence-corrected chi connectivity index (χ3v) is 5.72. The second-order valence-electron chi connectivity index (χ2n) is 8.38. The fourth-order valence-corrected chi connectivity index (χ4v) is 3.48. The van der Waals surface area contributed by atoms with E-state index in [0.29, 0.717) is 32.4 Å². The van der Waals surface area contributed by atoms with Crippen LogP contribution in [0, 0.1) is 6.92 Å². The van der Waals surface area contributed by atoms with Gasteiger partial charge in [-0.3, -0.25) is 9.59 Å². The van der Waals surface area contributed by atoms with Gasteiger partial charge in [0.25, 0.3) is 0 Å². The van der Waals surface area contributed by atoms with Crippen LogP contribution in [0.4, 0.5) is 0 Å². The molecule has 2 atom stereocenters. The number of hydrogen-bond donors (Lipinski definition) is 1. The van der Waals surface area contributed by atoms with Crippen molar-refractivity contribution in [3.63, 3.8) is 0 Å². The standard InChI is InChI=1S/C27H38N2O4/c1-6-21(4)28-27(31)25(7-2)29(19-22-12-16-23(32-5)17-13-22)26(30)9-8-18-33-24-14-10-20(3)11-15-24/h10-17,21,25H,6-9,18-19H2,1-5H3,(H,28,31)/t21-,25+/m1/s1. The molecule has 0 radical (unpaired) electrons. The molecule has 0 fully saturated rings. The van der Waals surface area contributed by atoms with Gasteiger partial charge < -0.3 is 19.7 Å². The average molecular weight is 455 g/mol. The molecule has 0 saturated heterocycles. The molecule has 33 heavy (non-hydrogen) atoms. The van der Waals surface area contributed by atoms with Gasteiger partial charge in [-0.05, 0) is 62.9 Å². The first-order valence-electron chi connectivity index (χ1n) is 11.8. The van der Waals surface area contributed by atoms with E-state index in [1.165, 1.54) is 5.56 Å². The number of amides is 2. The lowest BCUT2D eigenvalue weighted by atomic mass is 10.1. The Morgan fingerprint density at radius 3 is 2.18 bits per heavy atom. The molecule has 0 aliphatic heterocycles. The molecular formula is C27H38N2O4. The Balaban J connectivity index is 2.07. The molecule has 0 unspecified atom stereocenters. The second kappa shape index (κ2) is 13.5. The maximum Gasteiger partial charge on any atom is 0.243 e. The van der Waals surface area contributed by atoms with Crippen molar-refractivity contribution in [1.29, 1.82) is 0 Å². The maximum atomic E-state index is 13.3. The Morgan fingerprint density at radius 1 is 0.970 bits per heavy atom. The molecule has 0 saturated carbocycles. The number of carbonyl (C=O) groups excluding carboxylic acids is 2. The Bertz CT molecular complexity index is 865. The van der Waals surface area contributed by atoms with Gasteiger partial charge in [0.2, 0.25) is 11.8 Å². The Kier molecular flexibility index (Phi) is 10.7. The molecule has 0 aromatic heterocycles. The van der Waals surface area contributed by atoms with Crippen molar-refractivity contribution in [2.75, 3.05) is 13.7 Å². The summed E-state index contributed by atoms with van der Waals surface area (Å²) in [6, 6.07) is 15.0. The van der Waals surface area contributed by atoms with E-state index < -0.39 is 6.04 Å². The van der Waals surface area contributed by atoms with Crippen molar-refractivity contribution in [2.24, 2.45) is 0 Å². The van der Waals surface area contributed by atoms with Crippen LogP contribution in [-0.2, 0) is 16.1 Å². The highest BCUT2D eigenvalue weighted by atomic mass is 16.5. The van der Waals surface area contributed by atoms with Gasteiger partial charge in [-0.25, -0.2) is 0 Å². The van der Waals surface area contributed by atoms with Gasteiger partial charge in [-0.15, -0.1) is 0 Å². The van der Waals surface area contributed by atoms with Gasteiger partial charge in [-0.1, -0.05) is 43.7 Å². The average Bonchev–Trinajstić information content (AvgIpc) is 2.82. The monoisotopic (exact) mass is 454 g/mol. The van der Waals surface area contributed by atoms with Crippen LogP contribution in [0.3, 0.4) is 0 Å². The number of rotatable bonds is 13. The largest absolute Gasteiger partial charge is 0.497 e. The topological polar surface area (TPSA) is 67.9 Å². The summed E-state index contributed by atoms with van der Waals surface area (Å²) in [7, 11) is 1.62. The van der Waals surface area contributed by atoms with Crippen LogP contribution in [0.5, 0.6) is 11.5 Å². The molecule has 0 aliphatic rings. The molecule has 1 N–H and O–H groups in total. The first-order chi connectivity index (χ1) is 15.9. The number of benzene rings is 2. The van der Waals surface area contributed by atoms with E-state index in [-0.39, 0.29) is 17.9 Å². The van der Waals surface area contributed by atoms with Crippen molar-refractivity contribution in [3.05, 3.63) is 59.7 Å². The van der Waals surface area contributed by atoms with Crippen LogP contribution in [0.15, 0.2) is 48.5 Å². The fourth-order valence-electron chi connectivity index (χ4n) is 3.48. The van der Waals surface area contributed by atoms with Crippen molar-refractivity contribution in [2.45, 2.75) is 72.0 Å². The smallest absolute Gasteiger partial charge is 0.243 e. The maximum absolute atomic E-state index is 13.3. The van der Waals surface area contributed by atoms with Gasteiger partial charge in [0.1, 0.15) is 17.5 Å². The minimum absolute atomic E-state index is 0.0514. The van der Waals surface area contributed by atoms with Crippen LogP contribution in [0.25, 0.3) is 0 Å². The molecule has 2 aromatic rings. The van der Waals surface area contributed by atoms with Crippen LogP contribution in [-0.4, -0.2) is 42.5 Å². The lowest BCUT2D eigenvalue weighted by molar-refractivity contribution is -0.141. The highest BCUT2D eigenvalue weighted by Gasteiger charge is 2.28. The van der Waals surface area contributed by atoms with Crippen molar-refractivity contribution < 1.29 is 19.1 Å². The summed E-state index contributed by atoms with van der Waals surface area (Å²) < 4.78 is 11.0. The molecular weight excluding hydrogens is 416 g/mol. The summed E-state index contributed by atoms with van der Waals surface area (Å²) in [6.45, 7) is 8.79. The Morgan fingerprint density at radius 2 is 1.61 bits per heavy atom. The van der Waals surface area contributed by atoms with E-state index in [9.17, 15) is 9.59 Å². The summed E-state index contributed by atoms with van der Waals surface area (Å²) in [4.78, 5) is 27.9. The summed E-state index contributed by atoms with van der Waals surface area (Å²) in [5.41, 5.74) is 2.13. The minimum Gasteiger partial charge on any atom is -0.497 e. The number of nitrogens with zero attached hydrogens (tertiary/aromatic N) is 1. The van der Waals surface area contributed by atoms with Gasteiger partial charge in [0.05, 0.1) is 13.7 Å². The van der Waals surface area contributed by atoms with E-state index in [0.717, 1.165) is 23.5 Å². The van der Waals surface area contributed by atoms with Gasteiger partial charge in [0.15, 0.2) is 0 Å². The minimum atomic E-state index is -0.522. The quantitative estimate of drug-likeness (QED) is 0.438. The number of methoxy groups -OCH3 is 1. The second-order valence-corrected chi connectivity index (χ2v) is 8.38. The van der Waals surface area contributed by atoms with Gasteiger partial charge in [0, 0.05) is 19.0 Å². The molecule has 6 heteroatoms. The summed E-state index contributed by atoms with van der Waals surface area (Å²) in [5, 5.41) is 3.04. The highest BCUT2D eigenvalue weighted by molar-refractivity contribution is 5.87. The first-order valence-corrected chi connectivity index (χ1v) is 11.8. The van der Waals surface area contributed by atoms with Gasteiger partial charge >= 0.3 is 0 Å². The van der Waals surface area contributed by atoms with Crippen LogP contribution in [0.2, 0.25) is 0 Å². The number of nitrogens with one attached hydrogen (secondary N) is 1. The first kappa shape index (κ1) is 26.2. The molecule has 6 nitrogen and oxygen atoms in total. The molecule has 2 rings (SSSR count). The van der Waals surface area contributed by atoms with Crippen LogP contribution < -0.4 is 14.8 Å². The molecule has 0 spiro atoms. The van der Waals surface area contributed by atoms with E-state index in [4.69, 9.17) is 9.47 Å². The highest BCUT2D eigenvalue weighted by Crippen LogP contribution is 2.18. The van der Waals surface area contributed by atoms with Crippen LogP contribution in [0.1, 0.15) is 57.6 Å². The zero-order chi connectivity index (χ0) is 24.2. The van der Waals surface area contributed by atoms with E-state index in [1.807, 2.05) is 76.2 Å². The zero-order valence-corrected chi connectivity index (χ0v) is 20.6. The summed E-state index contributed by atoms with van der Waals surface area (Å²) in [6.07, 6.45) is 2.28. The summed E-state index contributed by atoms with van der Waals surface area (Å²) >= 11 is 0. The fraction of sp³-hybridized carbons (Fsp3) is 0.481. The molecule has 0 heterocycles. The zero-order valence-electron chi connectivity index (χ0n) is 20.6. The van der Waals surface area contributed by atoms with Crippen molar-refractivity contribution in [1.82, 2.24) is 10.2 Å².